The number of benzene rings is 4. The SMILES string of the molecule is C[C@@H](NCCCC1CC(c2ccc(C(=O)O)cc2)c2ccccc2O1)c1ccc(F)c2ccccc12.Cl. The highest BCUT2D eigenvalue weighted by molar-refractivity contribution is 5.87. The van der Waals surface area contributed by atoms with Crippen LogP contribution in [0, 0.1) is 5.82 Å². The molecule has 2 unspecified atom stereocenters. The topological polar surface area (TPSA) is 58.6 Å². The van der Waals surface area contributed by atoms with Crippen LogP contribution in [0.2, 0.25) is 0 Å². The fourth-order valence-corrected chi connectivity index (χ4v) is 5.27. The molecule has 0 saturated carbocycles. The highest BCUT2D eigenvalue weighted by atomic mass is 35.5. The van der Waals surface area contributed by atoms with Crippen LogP contribution in [-0.4, -0.2) is 23.7 Å². The highest BCUT2D eigenvalue weighted by Gasteiger charge is 2.29. The third kappa shape index (κ3) is 5.79. The number of carboxylic acid groups (broad SMARTS) is 1. The van der Waals surface area contributed by atoms with E-state index in [1.807, 2.05) is 60.7 Å². The van der Waals surface area contributed by atoms with E-state index >= 15 is 0 Å². The van der Waals surface area contributed by atoms with Crippen molar-refractivity contribution in [2.24, 2.45) is 0 Å². The summed E-state index contributed by atoms with van der Waals surface area (Å²) in [4.78, 5) is 11.3. The second-order valence-electron chi connectivity index (χ2n) is 9.49. The molecule has 0 spiro atoms. The predicted octanol–water partition coefficient (Wildman–Crippen LogP) is 7.51. The van der Waals surface area contributed by atoms with E-state index in [2.05, 4.69) is 18.3 Å². The largest absolute Gasteiger partial charge is 0.490 e. The number of hydrogen-bond acceptors (Lipinski definition) is 3. The molecule has 37 heavy (non-hydrogen) atoms. The lowest BCUT2D eigenvalue weighted by Gasteiger charge is -2.33. The molecule has 3 atom stereocenters. The van der Waals surface area contributed by atoms with Gasteiger partial charge in [-0.05, 0) is 73.5 Å². The Morgan fingerprint density at radius 2 is 1.70 bits per heavy atom. The highest BCUT2D eigenvalue weighted by Crippen LogP contribution is 2.41. The number of fused-ring (bicyclic) bond motifs is 2. The minimum Gasteiger partial charge on any atom is -0.490 e. The summed E-state index contributed by atoms with van der Waals surface area (Å²) in [5, 5.41) is 14.4. The van der Waals surface area contributed by atoms with E-state index in [1.165, 1.54) is 0 Å². The molecular weight excluding hydrogens is 489 g/mol. The molecule has 4 aromatic rings. The molecule has 0 radical (unpaired) electrons. The molecule has 4 aromatic carbocycles. The van der Waals surface area contributed by atoms with Crippen LogP contribution in [0.4, 0.5) is 4.39 Å². The second-order valence-corrected chi connectivity index (χ2v) is 9.49. The monoisotopic (exact) mass is 519 g/mol. The molecule has 6 heteroatoms. The number of carboxylic acids is 1. The van der Waals surface area contributed by atoms with E-state index in [9.17, 15) is 14.3 Å². The molecule has 0 bridgehead atoms. The molecule has 1 aliphatic heterocycles. The van der Waals surface area contributed by atoms with Crippen molar-refractivity contribution in [3.63, 3.8) is 0 Å². The first-order chi connectivity index (χ1) is 17.5. The van der Waals surface area contributed by atoms with Crippen molar-refractivity contribution >= 4 is 29.1 Å². The van der Waals surface area contributed by atoms with Crippen molar-refractivity contribution in [2.45, 2.75) is 44.2 Å². The first-order valence-electron chi connectivity index (χ1n) is 12.5. The summed E-state index contributed by atoms with van der Waals surface area (Å²) in [6.45, 7) is 2.94. The van der Waals surface area contributed by atoms with Gasteiger partial charge in [0.1, 0.15) is 11.6 Å². The van der Waals surface area contributed by atoms with Crippen LogP contribution in [0.3, 0.4) is 0 Å². The van der Waals surface area contributed by atoms with E-state index in [-0.39, 0.29) is 36.3 Å². The zero-order chi connectivity index (χ0) is 25.1. The van der Waals surface area contributed by atoms with Gasteiger partial charge in [-0.1, -0.05) is 60.7 Å². The van der Waals surface area contributed by atoms with Gasteiger partial charge in [0.25, 0.3) is 0 Å². The molecule has 0 aliphatic carbocycles. The van der Waals surface area contributed by atoms with Crippen molar-refractivity contribution in [1.29, 1.82) is 0 Å². The molecule has 2 N–H and O–H groups in total. The quantitative estimate of drug-likeness (QED) is 0.236. The van der Waals surface area contributed by atoms with Gasteiger partial charge in [-0.25, -0.2) is 9.18 Å². The van der Waals surface area contributed by atoms with Gasteiger partial charge in [0.05, 0.1) is 11.7 Å². The minimum atomic E-state index is -0.915. The number of rotatable bonds is 8. The summed E-state index contributed by atoms with van der Waals surface area (Å²) in [6, 6.07) is 26.4. The summed E-state index contributed by atoms with van der Waals surface area (Å²) >= 11 is 0. The Kier molecular flexibility index (Phi) is 8.47. The van der Waals surface area contributed by atoms with Crippen molar-refractivity contribution in [3.05, 3.63) is 113 Å². The third-order valence-corrected chi connectivity index (χ3v) is 7.17. The number of ether oxygens (including phenoxy) is 1. The van der Waals surface area contributed by atoms with E-state index in [1.54, 1.807) is 18.2 Å². The lowest BCUT2D eigenvalue weighted by Crippen LogP contribution is -2.28. The van der Waals surface area contributed by atoms with E-state index in [0.717, 1.165) is 53.6 Å². The molecule has 0 fully saturated rings. The summed E-state index contributed by atoms with van der Waals surface area (Å²) < 4.78 is 20.5. The van der Waals surface area contributed by atoms with Crippen LogP contribution in [0.1, 0.15) is 65.2 Å². The van der Waals surface area contributed by atoms with Crippen molar-refractivity contribution < 1.29 is 19.0 Å². The Morgan fingerprint density at radius 1 is 1.00 bits per heavy atom. The number of halogens is 2. The third-order valence-electron chi connectivity index (χ3n) is 7.17. The maximum atomic E-state index is 14.2. The van der Waals surface area contributed by atoms with Crippen molar-refractivity contribution in [3.8, 4) is 5.75 Å². The number of aromatic carboxylic acids is 1. The number of nitrogens with one attached hydrogen (secondary N) is 1. The van der Waals surface area contributed by atoms with Gasteiger partial charge in [-0.3, -0.25) is 0 Å². The van der Waals surface area contributed by atoms with Crippen LogP contribution in [0.25, 0.3) is 10.8 Å². The Morgan fingerprint density at radius 3 is 2.46 bits per heavy atom. The van der Waals surface area contributed by atoms with Gasteiger partial charge in [-0.15, -0.1) is 12.4 Å². The first-order valence-corrected chi connectivity index (χ1v) is 12.5. The Balaban J connectivity index is 0.00000320. The average molecular weight is 520 g/mol. The summed E-state index contributed by atoms with van der Waals surface area (Å²) in [6.07, 6.45) is 2.78. The van der Waals surface area contributed by atoms with Gasteiger partial charge in [-0.2, -0.15) is 0 Å². The Labute approximate surface area is 222 Å². The van der Waals surface area contributed by atoms with E-state index in [4.69, 9.17) is 4.74 Å². The lowest BCUT2D eigenvalue weighted by molar-refractivity contribution is 0.0696. The molecule has 5 rings (SSSR count). The zero-order valence-electron chi connectivity index (χ0n) is 20.7. The smallest absolute Gasteiger partial charge is 0.335 e. The van der Waals surface area contributed by atoms with Crippen LogP contribution >= 0.6 is 12.4 Å². The summed E-state index contributed by atoms with van der Waals surface area (Å²) in [7, 11) is 0. The first kappa shape index (κ1) is 26.6. The van der Waals surface area contributed by atoms with E-state index < -0.39 is 5.97 Å². The molecule has 192 valence electrons. The fourth-order valence-electron chi connectivity index (χ4n) is 5.27. The molecule has 1 heterocycles. The predicted molar refractivity (Wildman–Crippen MR) is 148 cm³/mol. The van der Waals surface area contributed by atoms with Gasteiger partial charge >= 0.3 is 5.97 Å². The van der Waals surface area contributed by atoms with Crippen LogP contribution in [-0.2, 0) is 0 Å². The molecule has 1 aliphatic rings. The Bertz CT molecular complexity index is 1370. The van der Waals surface area contributed by atoms with Gasteiger partial charge in [0, 0.05) is 22.9 Å². The fraction of sp³-hybridized carbons (Fsp3) is 0.258. The molecule has 0 saturated heterocycles. The molecule has 0 amide bonds. The number of para-hydroxylation sites is 1. The Hall–Kier alpha value is -3.41. The van der Waals surface area contributed by atoms with Crippen LogP contribution in [0.15, 0.2) is 84.9 Å². The average Bonchev–Trinajstić information content (AvgIpc) is 2.91. The van der Waals surface area contributed by atoms with Gasteiger partial charge in [0.2, 0.25) is 0 Å². The van der Waals surface area contributed by atoms with Crippen molar-refractivity contribution in [1.82, 2.24) is 5.32 Å². The number of hydrogen-bond donors (Lipinski definition) is 2. The maximum absolute atomic E-state index is 14.2. The van der Waals surface area contributed by atoms with Crippen LogP contribution in [0.5, 0.6) is 5.75 Å². The second kappa shape index (κ2) is 11.8. The molecule has 4 nitrogen and oxygen atoms in total. The number of carbonyl (C=O) groups is 1. The summed E-state index contributed by atoms with van der Waals surface area (Å²) in [5.74, 6) is -0.0361. The maximum Gasteiger partial charge on any atom is 0.335 e. The molecule has 0 aromatic heterocycles. The van der Waals surface area contributed by atoms with Gasteiger partial charge < -0.3 is 15.2 Å². The normalized spacial score (nSPS) is 17.4. The van der Waals surface area contributed by atoms with E-state index in [0.29, 0.717) is 10.9 Å². The van der Waals surface area contributed by atoms with Gasteiger partial charge in [0.15, 0.2) is 0 Å². The van der Waals surface area contributed by atoms with Crippen LogP contribution < -0.4 is 10.1 Å². The minimum absolute atomic E-state index is 0. The standard InChI is InChI=1S/C31H30FNO3.ClH/c1-20(24-16-17-29(32)26-9-3-2-8-25(24)26)33-18-6-7-23-19-28(27-10-4-5-11-30(27)36-23)21-12-14-22(15-13-21)31(34)35;/h2-5,8-17,20,23,28,33H,6-7,18-19H2,1H3,(H,34,35);1H/t20-,23?,28?;/m1./s1. The van der Waals surface area contributed by atoms with Crippen molar-refractivity contribution in [2.75, 3.05) is 6.54 Å². The molecular formula is C31H31ClFNO3. The lowest BCUT2D eigenvalue weighted by atomic mass is 9.83. The summed E-state index contributed by atoms with van der Waals surface area (Å²) in [5.41, 5.74) is 3.65. The zero-order valence-corrected chi connectivity index (χ0v) is 21.5.